The lowest BCUT2D eigenvalue weighted by molar-refractivity contribution is -0.144. The molecule has 0 aliphatic heterocycles. The van der Waals surface area contributed by atoms with Gasteiger partial charge in [0.05, 0.1) is 0 Å². The zero-order valence-corrected chi connectivity index (χ0v) is 11.3. The molecule has 0 aromatic carbocycles. The molecule has 0 bridgehead atoms. The van der Waals surface area contributed by atoms with Crippen molar-refractivity contribution in [3.8, 4) is 0 Å². The van der Waals surface area contributed by atoms with Crippen LogP contribution < -0.4 is 10.6 Å². The molecule has 2 aromatic heterocycles. The second-order valence-corrected chi connectivity index (χ2v) is 4.20. The Morgan fingerprint density at radius 3 is 2.24 bits per heavy atom. The fourth-order valence-electron chi connectivity index (χ4n) is 1.63. The lowest BCUT2D eigenvalue weighted by Gasteiger charge is -2.12. The molecule has 0 unspecified atom stereocenters. The Morgan fingerprint density at radius 2 is 1.67 bits per heavy atom. The van der Waals surface area contributed by atoms with Crippen LogP contribution in [-0.4, -0.2) is 21.5 Å². The van der Waals surface area contributed by atoms with Crippen LogP contribution in [0.15, 0.2) is 30.6 Å². The van der Waals surface area contributed by atoms with Gasteiger partial charge < -0.3 is 10.6 Å². The van der Waals surface area contributed by atoms with E-state index < -0.39 is 12.0 Å². The highest BCUT2D eigenvalue weighted by Gasteiger charge is 2.35. The minimum Gasteiger partial charge on any atom is -0.370 e. The number of nitrogens with zero attached hydrogens (tertiary/aromatic N) is 3. The predicted octanol–water partition coefficient (Wildman–Crippen LogP) is 2.93. The topological polar surface area (TPSA) is 62.7 Å². The van der Waals surface area contributed by atoms with Gasteiger partial charge in [-0.3, -0.25) is 4.98 Å². The van der Waals surface area contributed by atoms with E-state index in [1.165, 1.54) is 6.07 Å². The number of hydrogen-bond acceptors (Lipinski definition) is 5. The van der Waals surface area contributed by atoms with Gasteiger partial charge in [-0.15, -0.1) is 0 Å². The first kappa shape index (κ1) is 15.0. The maximum atomic E-state index is 12.8. The minimum absolute atomic E-state index is 0.116. The number of nitrogens with one attached hydrogen (secondary N) is 2. The van der Waals surface area contributed by atoms with Gasteiger partial charge >= 0.3 is 6.18 Å². The van der Waals surface area contributed by atoms with Gasteiger partial charge in [0.1, 0.15) is 11.6 Å². The quantitative estimate of drug-likeness (QED) is 0.888. The molecule has 21 heavy (non-hydrogen) atoms. The van der Waals surface area contributed by atoms with Gasteiger partial charge in [0.2, 0.25) is 5.82 Å². The summed E-state index contributed by atoms with van der Waals surface area (Å²) < 4.78 is 38.3. The van der Waals surface area contributed by atoms with Crippen LogP contribution in [0.2, 0.25) is 0 Å². The molecule has 0 aliphatic rings. The molecule has 2 N–H and O–H groups in total. The fraction of sp³-hybridized carbons (Fsp3) is 0.308. The molecular weight excluding hydrogens is 283 g/mol. The van der Waals surface area contributed by atoms with Crippen molar-refractivity contribution in [3.05, 3.63) is 42.0 Å². The van der Waals surface area contributed by atoms with Crippen molar-refractivity contribution in [2.45, 2.75) is 19.6 Å². The van der Waals surface area contributed by atoms with E-state index in [4.69, 9.17) is 0 Å². The van der Waals surface area contributed by atoms with Crippen LogP contribution in [-0.2, 0) is 12.7 Å². The first-order valence-electron chi connectivity index (χ1n) is 6.32. The molecule has 2 rings (SSSR count). The molecule has 5 nitrogen and oxygen atoms in total. The van der Waals surface area contributed by atoms with Crippen molar-refractivity contribution in [2.75, 3.05) is 17.2 Å². The maximum Gasteiger partial charge on any atom is 0.451 e. The molecule has 0 amide bonds. The number of anilines is 2. The summed E-state index contributed by atoms with van der Waals surface area (Å²) in [6.45, 7) is 2.60. The number of aromatic nitrogens is 3. The van der Waals surface area contributed by atoms with E-state index in [9.17, 15) is 13.2 Å². The Morgan fingerprint density at radius 1 is 1.05 bits per heavy atom. The molecule has 0 radical (unpaired) electrons. The van der Waals surface area contributed by atoms with E-state index in [1.807, 2.05) is 0 Å². The SMILES string of the molecule is CCNc1cc(NCc2ccncc2)nc(C(F)(F)F)n1. The molecule has 0 aliphatic carbocycles. The Balaban J connectivity index is 2.19. The average Bonchev–Trinajstić information content (AvgIpc) is 2.45. The second-order valence-electron chi connectivity index (χ2n) is 4.20. The molecule has 0 fully saturated rings. The summed E-state index contributed by atoms with van der Waals surface area (Å²) in [5.74, 6) is -0.916. The summed E-state index contributed by atoms with van der Waals surface area (Å²) in [6, 6.07) is 4.98. The van der Waals surface area contributed by atoms with E-state index in [1.54, 1.807) is 31.5 Å². The first-order valence-corrected chi connectivity index (χ1v) is 6.32. The van der Waals surface area contributed by atoms with E-state index in [0.717, 1.165) is 5.56 Å². The summed E-state index contributed by atoms with van der Waals surface area (Å²) >= 11 is 0. The van der Waals surface area contributed by atoms with Crippen molar-refractivity contribution < 1.29 is 13.2 Å². The summed E-state index contributed by atoms with van der Waals surface area (Å²) in [4.78, 5) is 10.8. The summed E-state index contributed by atoms with van der Waals surface area (Å²) in [5, 5.41) is 5.61. The second kappa shape index (κ2) is 6.38. The molecule has 8 heteroatoms. The van der Waals surface area contributed by atoms with Crippen LogP contribution in [0.5, 0.6) is 0 Å². The van der Waals surface area contributed by atoms with Gasteiger partial charge in [0.15, 0.2) is 0 Å². The minimum atomic E-state index is -4.58. The summed E-state index contributed by atoms with van der Waals surface area (Å²) in [7, 11) is 0. The molecule has 2 heterocycles. The molecule has 112 valence electrons. The lowest BCUT2D eigenvalue weighted by atomic mass is 10.3. The monoisotopic (exact) mass is 297 g/mol. The van der Waals surface area contributed by atoms with Crippen LogP contribution in [0, 0.1) is 0 Å². The Kier molecular flexibility index (Phi) is 4.56. The van der Waals surface area contributed by atoms with E-state index in [2.05, 4.69) is 25.6 Å². The van der Waals surface area contributed by atoms with Gasteiger partial charge in [-0.2, -0.15) is 13.2 Å². The maximum absolute atomic E-state index is 12.8. The van der Waals surface area contributed by atoms with E-state index >= 15 is 0 Å². The largest absolute Gasteiger partial charge is 0.451 e. The highest BCUT2D eigenvalue weighted by molar-refractivity contribution is 5.48. The third-order valence-corrected chi connectivity index (χ3v) is 2.56. The van der Waals surface area contributed by atoms with Crippen molar-refractivity contribution in [1.29, 1.82) is 0 Å². The van der Waals surface area contributed by atoms with Crippen LogP contribution in [0.1, 0.15) is 18.3 Å². The third-order valence-electron chi connectivity index (χ3n) is 2.56. The Bertz CT molecular complexity index is 586. The molecule has 2 aromatic rings. The predicted molar refractivity (Wildman–Crippen MR) is 72.8 cm³/mol. The zero-order valence-electron chi connectivity index (χ0n) is 11.3. The van der Waals surface area contributed by atoms with Crippen LogP contribution in [0.25, 0.3) is 0 Å². The highest BCUT2D eigenvalue weighted by Crippen LogP contribution is 2.28. The van der Waals surface area contributed by atoms with Crippen LogP contribution >= 0.6 is 0 Å². The summed E-state index contributed by atoms with van der Waals surface area (Å²) in [6.07, 6.45) is -1.36. The standard InChI is InChI=1S/C13H14F3N5/c1-2-18-10-7-11(21-12(20-10)13(14,15)16)19-8-9-3-5-17-6-4-9/h3-7H,2,8H2,1H3,(H2,18,19,20,21). The molecular formula is C13H14F3N5. The van der Waals surface area contributed by atoms with Crippen molar-refractivity contribution in [2.24, 2.45) is 0 Å². The van der Waals surface area contributed by atoms with Crippen LogP contribution in [0.4, 0.5) is 24.8 Å². The lowest BCUT2D eigenvalue weighted by Crippen LogP contribution is -2.15. The van der Waals surface area contributed by atoms with E-state index in [0.29, 0.717) is 13.1 Å². The number of pyridine rings is 1. The highest BCUT2D eigenvalue weighted by atomic mass is 19.4. The average molecular weight is 297 g/mol. The Hall–Kier alpha value is -2.38. The van der Waals surface area contributed by atoms with Crippen molar-refractivity contribution in [3.63, 3.8) is 0 Å². The van der Waals surface area contributed by atoms with Gasteiger partial charge in [0, 0.05) is 31.5 Å². The first-order chi connectivity index (χ1) is 9.99. The zero-order chi connectivity index (χ0) is 15.3. The van der Waals surface area contributed by atoms with Gasteiger partial charge in [-0.05, 0) is 24.6 Å². The molecule has 0 spiro atoms. The smallest absolute Gasteiger partial charge is 0.370 e. The third kappa shape index (κ3) is 4.30. The Labute approximate surface area is 119 Å². The molecule has 0 atom stereocenters. The van der Waals surface area contributed by atoms with E-state index in [-0.39, 0.29) is 11.6 Å². The van der Waals surface area contributed by atoms with Crippen molar-refractivity contribution >= 4 is 11.6 Å². The number of halogens is 3. The fourth-order valence-corrected chi connectivity index (χ4v) is 1.63. The van der Waals surface area contributed by atoms with Crippen molar-refractivity contribution in [1.82, 2.24) is 15.0 Å². The van der Waals surface area contributed by atoms with Gasteiger partial charge in [-0.1, -0.05) is 0 Å². The van der Waals surface area contributed by atoms with Gasteiger partial charge in [0.25, 0.3) is 0 Å². The normalized spacial score (nSPS) is 11.2. The molecule has 0 saturated heterocycles. The summed E-state index contributed by atoms with van der Waals surface area (Å²) in [5.41, 5.74) is 0.891. The van der Waals surface area contributed by atoms with Crippen LogP contribution in [0.3, 0.4) is 0 Å². The molecule has 0 saturated carbocycles. The number of hydrogen-bond donors (Lipinski definition) is 2. The number of rotatable bonds is 5. The number of alkyl halides is 3. The van der Waals surface area contributed by atoms with Gasteiger partial charge in [-0.25, -0.2) is 9.97 Å².